The summed E-state index contributed by atoms with van der Waals surface area (Å²) in [6, 6.07) is 27.4. The zero-order chi connectivity index (χ0) is 16.6. The summed E-state index contributed by atoms with van der Waals surface area (Å²) >= 11 is 0. The average molecular weight is 314 g/mol. The van der Waals surface area contributed by atoms with Gasteiger partial charge in [-0.05, 0) is 31.2 Å². The summed E-state index contributed by atoms with van der Waals surface area (Å²) in [5.74, 6) is 0.528. The average Bonchev–Trinajstić information content (AvgIpc) is 2.65. The Morgan fingerprint density at radius 2 is 1.38 bits per heavy atom. The standard InChI is InChI=1S/C20H18N4/c1-16-12-14-19(15-13-16)22-24-20(17-8-4-2-5-9-17)23-21-18-10-6-3-7-11-18/h2-15,21H,1H3. The van der Waals surface area contributed by atoms with Gasteiger partial charge in [0.15, 0.2) is 0 Å². The first-order valence-electron chi connectivity index (χ1n) is 7.74. The third-order valence-electron chi connectivity index (χ3n) is 3.39. The summed E-state index contributed by atoms with van der Waals surface area (Å²) in [5, 5.41) is 13.0. The van der Waals surface area contributed by atoms with Gasteiger partial charge in [-0.25, -0.2) is 0 Å². The molecule has 0 saturated heterocycles. The molecule has 3 rings (SSSR count). The van der Waals surface area contributed by atoms with E-state index in [0.29, 0.717) is 5.84 Å². The van der Waals surface area contributed by atoms with Crippen LogP contribution in [0.3, 0.4) is 0 Å². The molecule has 3 aromatic carbocycles. The summed E-state index contributed by atoms with van der Waals surface area (Å²) < 4.78 is 0. The predicted octanol–water partition coefficient (Wildman–Crippen LogP) is 5.55. The quantitative estimate of drug-likeness (QED) is 0.292. The third kappa shape index (κ3) is 4.36. The number of rotatable bonds is 4. The maximum atomic E-state index is 4.40. The predicted molar refractivity (Wildman–Crippen MR) is 98.7 cm³/mol. The van der Waals surface area contributed by atoms with Crippen LogP contribution in [0.15, 0.2) is 100 Å². The molecule has 1 N–H and O–H groups in total. The van der Waals surface area contributed by atoms with Crippen molar-refractivity contribution in [2.75, 3.05) is 5.43 Å². The number of nitrogens with one attached hydrogen (secondary N) is 1. The van der Waals surface area contributed by atoms with Crippen LogP contribution < -0.4 is 5.43 Å². The van der Waals surface area contributed by atoms with Gasteiger partial charge in [-0.15, -0.1) is 10.2 Å². The van der Waals surface area contributed by atoms with E-state index < -0.39 is 0 Å². The zero-order valence-electron chi connectivity index (χ0n) is 13.4. The molecule has 0 aliphatic heterocycles. The number of benzene rings is 3. The Kier molecular flexibility index (Phi) is 5.10. The van der Waals surface area contributed by atoms with Crippen molar-refractivity contribution in [2.45, 2.75) is 6.92 Å². The second-order valence-electron chi connectivity index (χ2n) is 5.31. The Balaban J connectivity index is 1.86. The van der Waals surface area contributed by atoms with Crippen molar-refractivity contribution in [3.05, 3.63) is 96.1 Å². The van der Waals surface area contributed by atoms with E-state index >= 15 is 0 Å². The molecule has 0 aromatic heterocycles. The SMILES string of the molecule is Cc1ccc(N=NC(=NNc2ccccc2)c2ccccc2)cc1. The van der Waals surface area contributed by atoms with E-state index in [0.717, 1.165) is 16.9 Å². The Hall–Kier alpha value is -3.27. The Bertz CT molecular complexity index is 823. The molecule has 0 aliphatic rings. The number of para-hydroxylation sites is 1. The second kappa shape index (κ2) is 7.83. The fraction of sp³-hybridized carbons (Fsp3) is 0.0500. The van der Waals surface area contributed by atoms with Gasteiger partial charge >= 0.3 is 0 Å². The molecule has 0 spiro atoms. The van der Waals surface area contributed by atoms with Crippen molar-refractivity contribution in [3.63, 3.8) is 0 Å². The lowest BCUT2D eigenvalue weighted by molar-refractivity contribution is 1.22. The Labute approximate surface area is 141 Å². The highest BCUT2D eigenvalue weighted by molar-refractivity contribution is 5.99. The van der Waals surface area contributed by atoms with Gasteiger partial charge in [-0.2, -0.15) is 5.10 Å². The van der Waals surface area contributed by atoms with Crippen molar-refractivity contribution in [1.82, 2.24) is 0 Å². The minimum atomic E-state index is 0.528. The number of azo groups is 1. The van der Waals surface area contributed by atoms with Crippen LogP contribution in [0.25, 0.3) is 0 Å². The summed E-state index contributed by atoms with van der Waals surface area (Å²) in [4.78, 5) is 0. The molecule has 118 valence electrons. The van der Waals surface area contributed by atoms with Crippen LogP contribution in [0.5, 0.6) is 0 Å². The summed E-state index contributed by atoms with van der Waals surface area (Å²) in [6.07, 6.45) is 0. The lowest BCUT2D eigenvalue weighted by Gasteiger charge is -2.03. The second-order valence-corrected chi connectivity index (χ2v) is 5.31. The first-order valence-corrected chi connectivity index (χ1v) is 7.74. The third-order valence-corrected chi connectivity index (χ3v) is 3.39. The Morgan fingerprint density at radius 3 is 2.04 bits per heavy atom. The van der Waals surface area contributed by atoms with E-state index in [4.69, 9.17) is 0 Å². The summed E-state index contributed by atoms with van der Waals surface area (Å²) in [6.45, 7) is 2.04. The number of hydrogen-bond donors (Lipinski definition) is 1. The van der Waals surface area contributed by atoms with E-state index in [-0.39, 0.29) is 0 Å². The largest absolute Gasteiger partial charge is 0.276 e. The highest BCUT2D eigenvalue weighted by Crippen LogP contribution is 2.15. The number of aryl methyl sites for hydroxylation is 1. The number of amidine groups is 1. The number of nitrogens with zero attached hydrogens (tertiary/aromatic N) is 3. The molecule has 0 bridgehead atoms. The zero-order valence-corrected chi connectivity index (χ0v) is 13.4. The van der Waals surface area contributed by atoms with Gasteiger partial charge in [0.1, 0.15) is 0 Å². The lowest BCUT2D eigenvalue weighted by atomic mass is 10.2. The van der Waals surface area contributed by atoms with Crippen molar-refractivity contribution in [2.24, 2.45) is 15.3 Å². The van der Waals surface area contributed by atoms with E-state index in [1.165, 1.54) is 5.56 Å². The van der Waals surface area contributed by atoms with E-state index in [2.05, 4.69) is 20.8 Å². The molecule has 0 fully saturated rings. The molecular weight excluding hydrogens is 296 g/mol. The van der Waals surface area contributed by atoms with Crippen LogP contribution in [-0.4, -0.2) is 5.84 Å². The summed E-state index contributed by atoms with van der Waals surface area (Å²) in [7, 11) is 0. The maximum Gasteiger partial charge on any atom is 0.201 e. The molecule has 4 nitrogen and oxygen atoms in total. The fourth-order valence-electron chi connectivity index (χ4n) is 2.08. The molecule has 0 aliphatic carbocycles. The smallest absolute Gasteiger partial charge is 0.201 e. The van der Waals surface area contributed by atoms with Gasteiger partial charge in [-0.1, -0.05) is 66.2 Å². The number of anilines is 1. The maximum absolute atomic E-state index is 4.40. The van der Waals surface area contributed by atoms with Crippen molar-refractivity contribution < 1.29 is 0 Å². The normalized spacial score (nSPS) is 11.6. The lowest BCUT2D eigenvalue weighted by Crippen LogP contribution is -2.00. The minimum absolute atomic E-state index is 0.528. The van der Waals surface area contributed by atoms with Crippen LogP contribution in [0.2, 0.25) is 0 Å². The van der Waals surface area contributed by atoms with Gasteiger partial charge < -0.3 is 0 Å². The Morgan fingerprint density at radius 1 is 0.750 bits per heavy atom. The highest BCUT2D eigenvalue weighted by atomic mass is 15.3. The molecule has 4 heteroatoms. The van der Waals surface area contributed by atoms with Crippen molar-refractivity contribution in [3.8, 4) is 0 Å². The molecule has 0 atom stereocenters. The minimum Gasteiger partial charge on any atom is -0.276 e. The van der Waals surface area contributed by atoms with E-state index in [1.54, 1.807) is 0 Å². The molecule has 0 heterocycles. The van der Waals surface area contributed by atoms with Crippen molar-refractivity contribution >= 4 is 17.2 Å². The molecule has 0 saturated carbocycles. The summed E-state index contributed by atoms with van der Waals surface area (Å²) in [5.41, 5.74) is 6.81. The van der Waals surface area contributed by atoms with Crippen LogP contribution >= 0.6 is 0 Å². The fourth-order valence-corrected chi connectivity index (χ4v) is 2.08. The first-order chi connectivity index (χ1) is 11.8. The topological polar surface area (TPSA) is 49.1 Å². The monoisotopic (exact) mass is 314 g/mol. The molecule has 3 aromatic rings. The molecule has 0 unspecified atom stereocenters. The molecule has 0 amide bonds. The van der Waals surface area contributed by atoms with E-state index in [1.807, 2.05) is 91.9 Å². The number of hydrogen-bond acceptors (Lipinski definition) is 3. The molecule has 0 radical (unpaired) electrons. The first kappa shape index (κ1) is 15.6. The van der Waals surface area contributed by atoms with Gasteiger partial charge in [0.2, 0.25) is 5.84 Å². The molecule has 24 heavy (non-hydrogen) atoms. The van der Waals surface area contributed by atoms with Crippen LogP contribution in [-0.2, 0) is 0 Å². The van der Waals surface area contributed by atoms with Gasteiger partial charge in [0.25, 0.3) is 0 Å². The van der Waals surface area contributed by atoms with Gasteiger partial charge in [0.05, 0.1) is 11.4 Å². The number of hydrazone groups is 1. The van der Waals surface area contributed by atoms with Crippen LogP contribution in [0.4, 0.5) is 11.4 Å². The molecular formula is C20H18N4. The van der Waals surface area contributed by atoms with Gasteiger partial charge in [0, 0.05) is 5.56 Å². The van der Waals surface area contributed by atoms with Gasteiger partial charge in [-0.3, -0.25) is 5.43 Å². The van der Waals surface area contributed by atoms with E-state index in [9.17, 15) is 0 Å². The highest BCUT2D eigenvalue weighted by Gasteiger charge is 2.02. The van der Waals surface area contributed by atoms with Crippen LogP contribution in [0.1, 0.15) is 11.1 Å². The van der Waals surface area contributed by atoms with Crippen LogP contribution in [0, 0.1) is 6.92 Å². The van der Waals surface area contributed by atoms with Crippen molar-refractivity contribution in [1.29, 1.82) is 0 Å².